The van der Waals surface area contributed by atoms with Gasteiger partial charge in [-0.2, -0.15) is 0 Å². The van der Waals surface area contributed by atoms with E-state index in [-0.39, 0.29) is 23.4 Å². The lowest BCUT2D eigenvalue weighted by molar-refractivity contribution is -0.125. The zero-order chi connectivity index (χ0) is 15.4. The van der Waals surface area contributed by atoms with Gasteiger partial charge in [0.25, 0.3) is 5.91 Å². The van der Waals surface area contributed by atoms with Crippen LogP contribution >= 0.6 is 0 Å². The molecule has 0 radical (unpaired) electrons. The van der Waals surface area contributed by atoms with Crippen LogP contribution in [-0.2, 0) is 4.79 Å². The first-order valence-electron chi connectivity index (χ1n) is 6.73. The molecule has 0 atom stereocenters. The van der Waals surface area contributed by atoms with Crippen LogP contribution in [0.15, 0.2) is 18.3 Å². The molecule has 2 rings (SSSR count). The molecule has 7 nitrogen and oxygen atoms in total. The van der Waals surface area contributed by atoms with Crippen molar-refractivity contribution in [2.75, 3.05) is 20.1 Å². The van der Waals surface area contributed by atoms with Crippen LogP contribution in [-0.4, -0.2) is 52.9 Å². The smallest absolute Gasteiger partial charge is 0.354 e. The lowest BCUT2D eigenvalue weighted by Gasteiger charge is -2.31. The van der Waals surface area contributed by atoms with Crippen molar-refractivity contribution in [2.45, 2.75) is 12.8 Å². The highest BCUT2D eigenvalue weighted by Gasteiger charge is 2.27. The number of hydrogen-bond acceptors (Lipinski definition) is 4. The summed E-state index contributed by atoms with van der Waals surface area (Å²) in [4.78, 5) is 39.9. The number of likely N-dealkylation sites (tertiary alicyclic amines) is 1. The van der Waals surface area contributed by atoms with E-state index in [2.05, 4.69) is 10.3 Å². The zero-order valence-electron chi connectivity index (χ0n) is 11.7. The van der Waals surface area contributed by atoms with Crippen LogP contribution in [0.4, 0.5) is 0 Å². The minimum atomic E-state index is -1.12. The molecule has 2 heterocycles. The largest absolute Gasteiger partial charge is 0.477 e. The van der Waals surface area contributed by atoms with Crippen molar-refractivity contribution >= 4 is 17.8 Å². The average Bonchev–Trinajstić information content (AvgIpc) is 2.53. The molecule has 1 aliphatic heterocycles. The van der Waals surface area contributed by atoms with Crippen molar-refractivity contribution < 1.29 is 19.5 Å². The molecule has 0 aromatic carbocycles. The number of aromatic nitrogens is 1. The topological polar surface area (TPSA) is 99.6 Å². The summed E-state index contributed by atoms with van der Waals surface area (Å²) in [5.41, 5.74) is 0.267. The quantitative estimate of drug-likeness (QED) is 0.838. The van der Waals surface area contributed by atoms with E-state index < -0.39 is 5.97 Å². The van der Waals surface area contributed by atoms with Crippen LogP contribution in [0.2, 0.25) is 0 Å². The van der Waals surface area contributed by atoms with Gasteiger partial charge in [0.15, 0.2) is 0 Å². The van der Waals surface area contributed by atoms with Gasteiger partial charge in [-0.1, -0.05) is 0 Å². The molecular formula is C14H17N3O4. The third-order valence-corrected chi connectivity index (χ3v) is 3.63. The summed E-state index contributed by atoms with van der Waals surface area (Å²) in [7, 11) is 1.61. The number of piperidine rings is 1. The third-order valence-electron chi connectivity index (χ3n) is 3.63. The van der Waals surface area contributed by atoms with Crippen molar-refractivity contribution in [2.24, 2.45) is 5.92 Å². The molecule has 21 heavy (non-hydrogen) atoms. The molecule has 1 fully saturated rings. The minimum Gasteiger partial charge on any atom is -0.477 e. The van der Waals surface area contributed by atoms with Gasteiger partial charge in [0.05, 0.1) is 5.56 Å². The highest BCUT2D eigenvalue weighted by molar-refractivity contribution is 5.95. The molecule has 0 spiro atoms. The van der Waals surface area contributed by atoms with Crippen LogP contribution in [0.25, 0.3) is 0 Å². The van der Waals surface area contributed by atoms with Gasteiger partial charge in [0.2, 0.25) is 5.91 Å². The van der Waals surface area contributed by atoms with Gasteiger partial charge in [-0.05, 0) is 25.0 Å². The lowest BCUT2D eigenvalue weighted by atomic mass is 9.95. The number of carboxylic acids is 1. The number of nitrogens with one attached hydrogen (secondary N) is 1. The number of carboxylic acid groups (broad SMARTS) is 1. The second-order valence-corrected chi connectivity index (χ2v) is 4.92. The Morgan fingerprint density at radius 1 is 1.29 bits per heavy atom. The first kappa shape index (κ1) is 15.0. The predicted molar refractivity (Wildman–Crippen MR) is 73.9 cm³/mol. The van der Waals surface area contributed by atoms with Gasteiger partial charge < -0.3 is 15.3 Å². The van der Waals surface area contributed by atoms with Crippen molar-refractivity contribution in [1.29, 1.82) is 0 Å². The Hall–Kier alpha value is -2.44. The molecule has 0 unspecified atom stereocenters. The lowest BCUT2D eigenvalue weighted by Crippen LogP contribution is -2.42. The van der Waals surface area contributed by atoms with Crippen LogP contribution in [0, 0.1) is 5.92 Å². The fourth-order valence-electron chi connectivity index (χ4n) is 2.38. The maximum atomic E-state index is 12.3. The number of pyridine rings is 1. The summed E-state index contributed by atoms with van der Waals surface area (Å²) in [6, 6.07) is 2.77. The maximum absolute atomic E-state index is 12.3. The summed E-state index contributed by atoms with van der Waals surface area (Å²) in [5.74, 6) is -1.35. The Kier molecular flexibility index (Phi) is 4.52. The summed E-state index contributed by atoms with van der Waals surface area (Å²) in [6.07, 6.45) is 2.54. The fraction of sp³-hybridized carbons (Fsp3) is 0.429. The van der Waals surface area contributed by atoms with Gasteiger partial charge >= 0.3 is 5.97 Å². The molecule has 0 aliphatic carbocycles. The zero-order valence-corrected chi connectivity index (χ0v) is 11.7. The fourth-order valence-corrected chi connectivity index (χ4v) is 2.38. The van der Waals surface area contributed by atoms with Crippen molar-refractivity contribution in [1.82, 2.24) is 15.2 Å². The normalized spacial score (nSPS) is 15.6. The minimum absolute atomic E-state index is 0.00887. The molecular weight excluding hydrogens is 274 g/mol. The van der Waals surface area contributed by atoms with E-state index in [1.54, 1.807) is 11.9 Å². The summed E-state index contributed by atoms with van der Waals surface area (Å²) in [5, 5.41) is 11.4. The van der Waals surface area contributed by atoms with Gasteiger partial charge in [-0.15, -0.1) is 0 Å². The number of rotatable bonds is 3. The van der Waals surface area contributed by atoms with Crippen molar-refractivity contribution in [3.8, 4) is 0 Å². The predicted octanol–water partition coefficient (Wildman–Crippen LogP) is 0.378. The summed E-state index contributed by atoms with van der Waals surface area (Å²) < 4.78 is 0. The van der Waals surface area contributed by atoms with Crippen molar-refractivity contribution in [3.05, 3.63) is 29.6 Å². The van der Waals surface area contributed by atoms with Gasteiger partial charge in [-0.25, -0.2) is 9.78 Å². The molecule has 1 saturated heterocycles. The number of nitrogens with zero attached hydrogens (tertiary/aromatic N) is 2. The van der Waals surface area contributed by atoms with Gasteiger partial charge in [-0.3, -0.25) is 9.59 Å². The SMILES string of the molecule is CNC(=O)C1CCN(C(=O)c2ccc(C(=O)O)nc2)CC1. The summed E-state index contributed by atoms with van der Waals surface area (Å²) >= 11 is 0. The van der Waals surface area contributed by atoms with E-state index in [0.29, 0.717) is 31.5 Å². The van der Waals surface area contributed by atoms with Gasteiger partial charge in [0, 0.05) is 32.3 Å². The number of hydrogen-bond donors (Lipinski definition) is 2. The van der Waals surface area contributed by atoms with Gasteiger partial charge in [0.1, 0.15) is 5.69 Å². The van der Waals surface area contributed by atoms with Crippen LogP contribution in [0.3, 0.4) is 0 Å². The van der Waals surface area contributed by atoms with E-state index >= 15 is 0 Å². The van der Waals surface area contributed by atoms with E-state index in [1.807, 2.05) is 0 Å². The standard InChI is InChI=1S/C14H17N3O4/c1-15-12(18)9-4-6-17(7-5-9)13(19)10-2-3-11(14(20)21)16-8-10/h2-3,8-9H,4-7H2,1H3,(H,15,18)(H,20,21). The highest BCUT2D eigenvalue weighted by atomic mass is 16.4. The second kappa shape index (κ2) is 6.34. The van der Waals surface area contributed by atoms with E-state index in [0.717, 1.165) is 0 Å². The van der Waals surface area contributed by atoms with E-state index in [9.17, 15) is 14.4 Å². The Labute approximate surface area is 122 Å². The molecule has 0 bridgehead atoms. The molecule has 1 aromatic heterocycles. The number of aromatic carboxylic acids is 1. The molecule has 112 valence electrons. The summed E-state index contributed by atoms with van der Waals surface area (Å²) in [6.45, 7) is 1.02. The van der Waals surface area contributed by atoms with Crippen LogP contribution < -0.4 is 5.32 Å². The Morgan fingerprint density at radius 3 is 2.43 bits per heavy atom. The monoisotopic (exact) mass is 291 g/mol. The van der Waals surface area contributed by atoms with Crippen molar-refractivity contribution in [3.63, 3.8) is 0 Å². The molecule has 1 aliphatic rings. The number of carbonyl (C=O) groups is 3. The molecule has 7 heteroatoms. The average molecular weight is 291 g/mol. The maximum Gasteiger partial charge on any atom is 0.354 e. The number of amides is 2. The molecule has 2 amide bonds. The second-order valence-electron chi connectivity index (χ2n) is 4.92. The molecule has 1 aromatic rings. The molecule has 2 N–H and O–H groups in total. The van der Waals surface area contributed by atoms with Crippen LogP contribution in [0.1, 0.15) is 33.7 Å². The first-order chi connectivity index (χ1) is 10.0. The Bertz CT molecular complexity index is 548. The molecule has 0 saturated carbocycles. The van der Waals surface area contributed by atoms with E-state index in [1.165, 1.54) is 18.3 Å². The first-order valence-corrected chi connectivity index (χ1v) is 6.73. The highest BCUT2D eigenvalue weighted by Crippen LogP contribution is 2.19. The number of carbonyl (C=O) groups excluding carboxylic acids is 2. The third kappa shape index (κ3) is 3.36. The Morgan fingerprint density at radius 2 is 1.95 bits per heavy atom. The Balaban J connectivity index is 1.98. The van der Waals surface area contributed by atoms with E-state index in [4.69, 9.17) is 5.11 Å². The van der Waals surface area contributed by atoms with Crippen LogP contribution in [0.5, 0.6) is 0 Å².